The molecule has 1 aromatic rings. The highest BCUT2D eigenvalue weighted by Gasteiger charge is 2.19. The number of benzene rings is 1. The van der Waals surface area contributed by atoms with Crippen LogP contribution in [0.2, 0.25) is 0 Å². The van der Waals surface area contributed by atoms with E-state index in [-0.39, 0.29) is 5.96 Å². The molecule has 0 bridgehead atoms. The molecule has 0 radical (unpaired) electrons. The van der Waals surface area contributed by atoms with E-state index in [2.05, 4.69) is 40.2 Å². The van der Waals surface area contributed by atoms with E-state index in [1.54, 1.807) is 0 Å². The molecule has 1 aliphatic heterocycles. The number of nitrogens with zero attached hydrogens (tertiary/aromatic N) is 2. The van der Waals surface area contributed by atoms with Gasteiger partial charge in [0.25, 0.3) is 0 Å². The molecule has 5 heteroatoms. The van der Waals surface area contributed by atoms with Gasteiger partial charge in [0.2, 0.25) is 0 Å². The van der Waals surface area contributed by atoms with E-state index < -0.39 is 0 Å². The van der Waals surface area contributed by atoms with Gasteiger partial charge in [0, 0.05) is 32.8 Å². The maximum atomic E-state index is 5.89. The number of likely N-dealkylation sites (tertiary alicyclic amines) is 1. The molecule has 0 amide bonds. The second kappa shape index (κ2) is 8.64. The van der Waals surface area contributed by atoms with Crippen LogP contribution in [0.15, 0.2) is 35.3 Å². The maximum Gasteiger partial charge on any atom is 0.185 e. The highest BCUT2D eigenvalue weighted by atomic mass is 16.5. The summed E-state index contributed by atoms with van der Waals surface area (Å²) in [4.78, 5) is 6.44. The topological polar surface area (TPSA) is 76.9 Å². The third-order valence-electron chi connectivity index (χ3n) is 3.73. The number of hydrogen-bond acceptors (Lipinski definition) is 3. The molecule has 1 fully saturated rings. The highest BCUT2D eigenvalue weighted by molar-refractivity contribution is 5.75. The Morgan fingerprint density at radius 2 is 1.90 bits per heavy atom. The summed E-state index contributed by atoms with van der Waals surface area (Å²) in [5.41, 5.74) is 11.9. The van der Waals surface area contributed by atoms with Crippen molar-refractivity contribution in [2.24, 2.45) is 16.5 Å². The van der Waals surface area contributed by atoms with Crippen LogP contribution in [0.3, 0.4) is 0 Å². The molecule has 0 spiro atoms. The summed E-state index contributed by atoms with van der Waals surface area (Å²) in [5, 5.41) is 0. The monoisotopic (exact) mass is 290 g/mol. The van der Waals surface area contributed by atoms with E-state index in [1.807, 2.05) is 0 Å². The van der Waals surface area contributed by atoms with E-state index in [4.69, 9.17) is 16.2 Å². The molecule has 0 aromatic heterocycles. The van der Waals surface area contributed by atoms with Crippen molar-refractivity contribution >= 4 is 5.96 Å². The van der Waals surface area contributed by atoms with Gasteiger partial charge in [0.05, 0.1) is 6.10 Å². The standard InChI is InChI=1S/C16H26N4O/c17-16(18)19-9-4-12-21-15-7-10-20(11-8-15)13-14-5-2-1-3-6-14/h1-3,5-6,15H,4,7-13H2,(H4,17,18,19). The van der Waals surface area contributed by atoms with Gasteiger partial charge < -0.3 is 16.2 Å². The van der Waals surface area contributed by atoms with Crippen molar-refractivity contribution in [1.82, 2.24) is 4.90 Å². The number of hydrogen-bond donors (Lipinski definition) is 2. The number of guanidine groups is 1. The van der Waals surface area contributed by atoms with Crippen molar-refractivity contribution in [3.05, 3.63) is 35.9 Å². The molecule has 1 heterocycles. The largest absolute Gasteiger partial charge is 0.378 e. The predicted octanol–water partition coefficient (Wildman–Crippen LogP) is 1.33. The van der Waals surface area contributed by atoms with Crippen LogP contribution < -0.4 is 11.5 Å². The smallest absolute Gasteiger partial charge is 0.185 e. The van der Waals surface area contributed by atoms with Gasteiger partial charge in [-0.05, 0) is 24.8 Å². The van der Waals surface area contributed by atoms with Crippen LogP contribution in [0.4, 0.5) is 0 Å². The maximum absolute atomic E-state index is 5.89. The minimum Gasteiger partial charge on any atom is -0.378 e. The van der Waals surface area contributed by atoms with Crippen LogP contribution in [0, 0.1) is 0 Å². The zero-order valence-electron chi connectivity index (χ0n) is 12.6. The molecule has 0 atom stereocenters. The summed E-state index contributed by atoms with van der Waals surface area (Å²) in [6.07, 6.45) is 3.48. The minimum atomic E-state index is 0.157. The third kappa shape index (κ3) is 6.14. The molecule has 116 valence electrons. The zero-order chi connectivity index (χ0) is 14.9. The van der Waals surface area contributed by atoms with Gasteiger partial charge in [-0.15, -0.1) is 0 Å². The molecular formula is C16H26N4O. The average Bonchev–Trinajstić information content (AvgIpc) is 2.49. The lowest BCUT2D eigenvalue weighted by Gasteiger charge is -2.31. The number of piperidine rings is 1. The van der Waals surface area contributed by atoms with Crippen molar-refractivity contribution in [3.8, 4) is 0 Å². The van der Waals surface area contributed by atoms with Crippen LogP contribution in [-0.4, -0.2) is 43.2 Å². The molecule has 0 aliphatic carbocycles. The molecule has 2 rings (SSSR count). The van der Waals surface area contributed by atoms with Crippen molar-refractivity contribution < 1.29 is 4.74 Å². The number of aliphatic imine (C=N–C) groups is 1. The van der Waals surface area contributed by atoms with Crippen LogP contribution in [0.5, 0.6) is 0 Å². The summed E-state index contributed by atoms with van der Waals surface area (Å²) in [6.45, 7) is 4.63. The summed E-state index contributed by atoms with van der Waals surface area (Å²) >= 11 is 0. The fraction of sp³-hybridized carbons (Fsp3) is 0.562. The van der Waals surface area contributed by atoms with Gasteiger partial charge in [0.1, 0.15) is 0 Å². The molecule has 0 saturated carbocycles. The van der Waals surface area contributed by atoms with E-state index in [9.17, 15) is 0 Å². The normalized spacial score (nSPS) is 16.8. The molecule has 1 aliphatic rings. The van der Waals surface area contributed by atoms with Gasteiger partial charge in [-0.25, -0.2) is 0 Å². The Kier molecular flexibility index (Phi) is 6.50. The second-order valence-corrected chi connectivity index (χ2v) is 5.49. The average molecular weight is 290 g/mol. The lowest BCUT2D eigenvalue weighted by Crippen LogP contribution is -2.36. The van der Waals surface area contributed by atoms with Gasteiger partial charge in [-0.2, -0.15) is 0 Å². The van der Waals surface area contributed by atoms with Crippen LogP contribution in [-0.2, 0) is 11.3 Å². The van der Waals surface area contributed by atoms with Gasteiger partial charge >= 0.3 is 0 Å². The molecule has 0 unspecified atom stereocenters. The summed E-state index contributed by atoms with van der Waals surface area (Å²) in [6, 6.07) is 10.6. The second-order valence-electron chi connectivity index (χ2n) is 5.49. The molecular weight excluding hydrogens is 264 g/mol. The van der Waals surface area contributed by atoms with Crippen molar-refractivity contribution in [2.45, 2.75) is 31.9 Å². The summed E-state index contributed by atoms with van der Waals surface area (Å²) in [7, 11) is 0. The lowest BCUT2D eigenvalue weighted by atomic mass is 10.1. The van der Waals surface area contributed by atoms with Gasteiger partial charge in [0.15, 0.2) is 5.96 Å². The predicted molar refractivity (Wildman–Crippen MR) is 86.0 cm³/mol. The molecule has 1 aromatic carbocycles. The Labute approximate surface area is 127 Å². The SMILES string of the molecule is NC(N)=NCCCOC1CCN(Cc2ccccc2)CC1. The molecule has 21 heavy (non-hydrogen) atoms. The van der Waals surface area contributed by atoms with Crippen LogP contribution in [0.25, 0.3) is 0 Å². The fourth-order valence-electron chi connectivity index (χ4n) is 2.60. The Hall–Kier alpha value is -1.59. The Morgan fingerprint density at radius 3 is 2.57 bits per heavy atom. The van der Waals surface area contributed by atoms with Gasteiger partial charge in [-0.3, -0.25) is 9.89 Å². The quantitative estimate of drug-likeness (QED) is 0.451. The zero-order valence-corrected chi connectivity index (χ0v) is 12.6. The van der Waals surface area contributed by atoms with E-state index in [0.29, 0.717) is 12.6 Å². The summed E-state index contributed by atoms with van der Waals surface area (Å²) < 4.78 is 5.89. The van der Waals surface area contributed by atoms with E-state index in [1.165, 1.54) is 5.56 Å². The van der Waals surface area contributed by atoms with Crippen LogP contribution in [0.1, 0.15) is 24.8 Å². The Morgan fingerprint density at radius 1 is 1.19 bits per heavy atom. The van der Waals surface area contributed by atoms with Crippen molar-refractivity contribution in [2.75, 3.05) is 26.2 Å². The number of nitrogens with two attached hydrogens (primary N) is 2. The molecule has 4 N–H and O–H groups in total. The first-order valence-electron chi connectivity index (χ1n) is 7.67. The third-order valence-corrected chi connectivity index (χ3v) is 3.73. The number of ether oxygens (including phenoxy) is 1. The summed E-state index contributed by atoms with van der Waals surface area (Å²) in [5.74, 6) is 0.157. The number of rotatable bonds is 7. The van der Waals surface area contributed by atoms with Crippen molar-refractivity contribution in [3.63, 3.8) is 0 Å². The Bertz CT molecular complexity index is 423. The highest BCUT2D eigenvalue weighted by Crippen LogP contribution is 2.16. The van der Waals surface area contributed by atoms with E-state index in [0.717, 1.165) is 45.5 Å². The minimum absolute atomic E-state index is 0.157. The Balaban J connectivity index is 1.59. The van der Waals surface area contributed by atoms with E-state index >= 15 is 0 Å². The first kappa shape index (κ1) is 15.8. The first-order chi connectivity index (χ1) is 10.2. The lowest BCUT2D eigenvalue weighted by molar-refractivity contribution is 0.00566. The first-order valence-corrected chi connectivity index (χ1v) is 7.67. The van der Waals surface area contributed by atoms with Crippen LogP contribution >= 0.6 is 0 Å². The van der Waals surface area contributed by atoms with Gasteiger partial charge in [-0.1, -0.05) is 30.3 Å². The molecule has 5 nitrogen and oxygen atoms in total. The van der Waals surface area contributed by atoms with Crippen molar-refractivity contribution in [1.29, 1.82) is 0 Å². The fourth-order valence-corrected chi connectivity index (χ4v) is 2.60. The molecule has 1 saturated heterocycles.